The summed E-state index contributed by atoms with van der Waals surface area (Å²) in [6, 6.07) is 8.30. The van der Waals surface area contributed by atoms with Crippen LogP contribution in [0.25, 0.3) is 11.0 Å². The number of aromatic amines is 1. The minimum atomic E-state index is -0.197. The van der Waals surface area contributed by atoms with E-state index in [1.807, 2.05) is 0 Å². The molecule has 6 nitrogen and oxygen atoms in total. The molecule has 0 spiro atoms. The number of benzene rings is 1. The maximum Gasteiger partial charge on any atom is 0.262 e. The Hall–Kier alpha value is -3.02. The van der Waals surface area contributed by atoms with Gasteiger partial charge in [0, 0.05) is 31.3 Å². The van der Waals surface area contributed by atoms with Gasteiger partial charge in [0.05, 0.1) is 5.39 Å². The summed E-state index contributed by atoms with van der Waals surface area (Å²) >= 11 is 0. The number of H-pyrrole nitrogens is 1. The van der Waals surface area contributed by atoms with E-state index in [0.29, 0.717) is 35.4 Å². The standard InChI is InChI=1S/C23H24N4O2/c1-14-5-7-15(8-6-14)16-11-17-18(19(28)12-16)13-24-21-20(17)22(29)26-23(25-21)27-9-3-2-4-10-27/h5-8,13,16H,2-4,9-12H2,1H3,(H,24,25,26,29)/t16-/m0/s1. The summed E-state index contributed by atoms with van der Waals surface area (Å²) in [6.07, 6.45) is 6.12. The number of pyridine rings is 1. The molecule has 3 aromatic rings. The van der Waals surface area contributed by atoms with Gasteiger partial charge in [0.1, 0.15) is 0 Å². The fraction of sp³-hybridized carbons (Fsp3) is 0.391. The van der Waals surface area contributed by atoms with Crippen molar-refractivity contribution < 1.29 is 4.79 Å². The van der Waals surface area contributed by atoms with Gasteiger partial charge in [-0.05, 0) is 49.7 Å². The number of rotatable bonds is 2. The van der Waals surface area contributed by atoms with Crippen molar-refractivity contribution in [1.82, 2.24) is 15.0 Å². The van der Waals surface area contributed by atoms with Crippen LogP contribution in [0.4, 0.5) is 5.95 Å². The lowest BCUT2D eigenvalue weighted by atomic mass is 9.79. The quantitative estimate of drug-likeness (QED) is 0.727. The highest BCUT2D eigenvalue weighted by Crippen LogP contribution is 2.35. The Kier molecular flexibility index (Phi) is 4.42. The highest BCUT2D eigenvalue weighted by Gasteiger charge is 2.29. The summed E-state index contributed by atoms with van der Waals surface area (Å²) in [7, 11) is 0. The summed E-state index contributed by atoms with van der Waals surface area (Å²) < 4.78 is 0. The number of piperidine rings is 1. The molecule has 1 N–H and O–H groups in total. The molecule has 1 aliphatic heterocycles. The van der Waals surface area contributed by atoms with Crippen molar-refractivity contribution in [2.24, 2.45) is 0 Å². The van der Waals surface area contributed by atoms with Crippen molar-refractivity contribution in [2.75, 3.05) is 18.0 Å². The topological polar surface area (TPSA) is 79.0 Å². The molecule has 3 heterocycles. The molecule has 0 amide bonds. The lowest BCUT2D eigenvalue weighted by Crippen LogP contribution is -2.33. The number of aryl methyl sites for hydroxylation is 1. The molecule has 29 heavy (non-hydrogen) atoms. The monoisotopic (exact) mass is 388 g/mol. The van der Waals surface area contributed by atoms with Crippen molar-refractivity contribution in [3.63, 3.8) is 0 Å². The molecule has 0 radical (unpaired) electrons. The summed E-state index contributed by atoms with van der Waals surface area (Å²) in [5, 5.41) is 0.466. The molecule has 1 aliphatic carbocycles. The van der Waals surface area contributed by atoms with Crippen LogP contribution in [0, 0.1) is 6.92 Å². The number of nitrogens with zero attached hydrogens (tertiary/aromatic N) is 3. The van der Waals surface area contributed by atoms with Gasteiger partial charge in [0.2, 0.25) is 5.95 Å². The number of anilines is 1. The van der Waals surface area contributed by atoms with E-state index in [9.17, 15) is 9.59 Å². The molecule has 2 aliphatic rings. The number of nitrogens with one attached hydrogen (secondary N) is 1. The fourth-order valence-corrected chi connectivity index (χ4v) is 4.59. The average Bonchev–Trinajstić information content (AvgIpc) is 2.74. The van der Waals surface area contributed by atoms with Gasteiger partial charge in [0.15, 0.2) is 11.4 Å². The van der Waals surface area contributed by atoms with Crippen molar-refractivity contribution in [2.45, 2.75) is 44.9 Å². The highest BCUT2D eigenvalue weighted by atomic mass is 16.1. The van der Waals surface area contributed by atoms with E-state index in [-0.39, 0.29) is 17.3 Å². The van der Waals surface area contributed by atoms with Gasteiger partial charge in [-0.25, -0.2) is 4.98 Å². The Morgan fingerprint density at radius 1 is 1.03 bits per heavy atom. The van der Waals surface area contributed by atoms with E-state index in [1.165, 1.54) is 12.0 Å². The van der Waals surface area contributed by atoms with Crippen LogP contribution in [0.5, 0.6) is 0 Å². The third-order valence-electron chi connectivity index (χ3n) is 6.22. The molecule has 148 valence electrons. The van der Waals surface area contributed by atoms with Crippen LogP contribution in [-0.4, -0.2) is 33.8 Å². The number of aromatic nitrogens is 3. The predicted octanol–water partition coefficient (Wildman–Crippen LogP) is 3.53. The Balaban J connectivity index is 1.59. The number of fused-ring (bicyclic) bond motifs is 3. The van der Waals surface area contributed by atoms with Gasteiger partial charge in [-0.1, -0.05) is 29.8 Å². The van der Waals surface area contributed by atoms with E-state index >= 15 is 0 Å². The number of Topliss-reactive ketones (excluding diaryl/α,β-unsaturated/α-hetero) is 1. The Labute approximate surface area is 169 Å². The first-order valence-electron chi connectivity index (χ1n) is 10.4. The fourth-order valence-electron chi connectivity index (χ4n) is 4.59. The lowest BCUT2D eigenvalue weighted by Gasteiger charge is -2.28. The second-order valence-corrected chi connectivity index (χ2v) is 8.23. The molecule has 0 saturated carbocycles. The predicted molar refractivity (Wildman–Crippen MR) is 113 cm³/mol. The zero-order valence-electron chi connectivity index (χ0n) is 16.6. The Morgan fingerprint density at radius 2 is 1.79 bits per heavy atom. The smallest absolute Gasteiger partial charge is 0.262 e. The molecular weight excluding hydrogens is 364 g/mol. The minimum Gasteiger partial charge on any atom is -0.342 e. The second kappa shape index (κ2) is 7.10. The molecule has 0 bridgehead atoms. The molecule has 1 saturated heterocycles. The first-order chi connectivity index (χ1) is 14.1. The zero-order chi connectivity index (χ0) is 20.0. The molecule has 5 rings (SSSR count). The Morgan fingerprint density at radius 3 is 2.55 bits per heavy atom. The maximum atomic E-state index is 13.0. The highest BCUT2D eigenvalue weighted by molar-refractivity contribution is 6.02. The van der Waals surface area contributed by atoms with Crippen LogP contribution < -0.4 is 10.5 Å². The van der Waals surface area contributed by atoms with Crippen LogP contribution in [0.2, 0.25) is 0 Å². The molecule has 2 aromatic heterocycles. The number of carbonyl (C=O) groups excluding carboxylic acids is 1. The van der Waals surface area contributed by atoms with E-state index in [0.717, 1.165) is 37.1 Å². The van der Waals surface area contributed by atoms with Crippen molar-refractivity contribution in [3.05, 3.63) is 63.1 Å². The van der Waals surface area contributed by atoms with Crippen molar-refractivity contribution in [1.29, 1.82) is 0 Å². The van der Waals surface area contributed by atoms with Crippen molar-refractivity contribution >= 4 is 22.8 Å². The number of hydrogen-bond donors (Lipinski definition) is 1. The maximum absolute atomic E-state index is 13.0. The molecule has 1 fully saturated rings. The third kappa shape index (κ3) is 3.22. The van der Waals surface area contributed by atoms with Gasteiger partial charge >= 0.3 is 0 Å². The van der Waals surface area contributed by atoms with Gasteiger partial charge in [-0.2, -0.15) is 4.98 Å². The van der Waals surface area contributed by atoms with Crippen LogP contribution in [0.3, 0.4) is 0 Å². The van der Waals surface area contributed by atoms with E-state index < -0.39 is 0 Å². The number of carbonyl (C=O) groups is 1. The molecule has 1 aromatic carbocycles. The first-order valence-corrected chi connectivity index (χ1v) is 10.4. The molecule has 1 atom stereocenters. The lowest BCUT2D eigenvalue weighted by molar-refractivity contribution is 0.0964. The normalized spacial score (nSPS) is 19.4. The molecular formula is C23H24N4O2. The van der Waals surface area contributed by atoms with Gasteiger partial charge in [-0.15, -0.1) is 0 Å². The minimum absolute atomic E-state index is 0.0470. The van der Waals surface area contributed by atoms with Crippen molar-refractivity contribution in [3.8, 4) is 0 Å². The summed E-state index contributed by atoms with van der Waals surface area (Å²) in [5.74, 6) is 0.708. The van der Waals surface area contributed by atoms with Crippen LogP contribution in [0.15, 0.2) is 35.3 Å². The van der Waals surface area contributed by atoms with E-state index in [4.69, 9.17) is 0 Å². The third-order valence-corrected chi connectivity index (χ3v) is 6.22. The summed E-state index contributed by atoms with van der Waals surface area (Å²) in [6.45, 7) is 3.84. The van der Waals surface area contributed by atoms with Crippen LogP contribution >= 0.6 is 0 Å². The number of ketones is 1. The number of hydrogen-bond acceptors (Lipinski definition) is 5. The second-order valence-electron chi connectivity index (χ2n) is 8.23. The van der Waals surface area contributed by atoms with Crippen LogP contribution in [0.1, 0.15) is 58.6 Å². The SMILES string of the molecule is Cc1ccc([C@@H]2CC(=O)c3cnc4nc(N5CCCCC5)[nH]c(=O)c4c3C2)cc1. The summed E-state index contributed by atoms with van der Waals surface area (Å²) in [4.78, 5) is 40.0. The molecule has 0 unspecified atom stereocenters. The molecule has 6 heteroatoms. The largest absolute Gasteiger partial charge is 0.342 e. The van der Waals surface area contributed by atoms with Gasteiger partial charge < -0.3 is 4.90 Å². The van der Waals surface area contributed by atoms with Gasteiger partial charge in [-0.3, -0.25) is 14.6 Å². The first kappa shape index (κ1) is 18.0. The average molecular weight is 388 g/mol. The van der Waals surface area contributed by atoms with Crippen LogP contribution in [-0.2, 0) is 6.42 Å². The Bertz CT molecular complexity index is 1140. The van der Waals surface area contributed by atoms with E-state index in [1.54, 1.807) is 6.20 Å². The zero-order valence-corrected chi connectivity index (χ0v) is 16.6. The van der Waals surface area contributed by atoms with Gasteiger partial charge in [0.25, 0.3) is 5.56 Å². The summed E-state index contributed by atoms with van der Waals surface area (Å²) in [5.41, 5.74) is 3.92. The van der Waals surface area contributed by atoms with E-state index in [2.05, 4.69) is 51.0 Å².